The summed E-state index contributed by atoms with van der Waals surface area (Å²) in [6.07, 6.45) is 5.38. The Hall–Kier alpha value is -1.69. The van der Waals surface area contributed by atoms with Gasteiger partial charge in [-0.25, -0.2) is 9.97 Å². The molecule has 0 bridgehead atoms. The number of hydrogen-bond donors (Lipinski definition) is 1. The second-order valence-electron chi connectivity index (χ2n) is 3.41. The first-order valence-electron chi connectivity index (χ1n) is 4.79. The van der Waals surface area contributed by atoms with Crippen molar-refractivity contribution in [2.45, 2.75) is 6.54 Å². The largest absolute Gasteiger partial charge is 0.339 e. The molecule has 5 nitrogen and oxygen atoms in total. The predicted octanol–water partition coefficient (Wildman–Crippen LogP) is 1.97. The summed E-state index contributed by atoms with van der Waals surface area (Å²) in [5.41, 5.74) is 1.65. The zero-order chi connectivity index (χ0) is 11.0. The number of hydrogen-bond acceptors (Lipinski definition) is 3. The van der Waals surface area contributed by atoms with Crippen LogP contribution in [0.4, 0.5) is 0 Å². The van der Waals surface area contributed by atoms with Crippen molar-refractivity contribution in [1.29, 1.82) is 0 Å². The average molecular weight is 278 g/mol. The first-order chi connectivity index (χ1) is 7.81. The van der Waals surface area contributed by atoms with E-state index in [9.17, 15) is 0 Å². The molecular formula is C10H8BrN5. The van der Waals surface area contributed by atoms with Crippen LogP contribution in [0.3, 0.4) is 0 Å². The summed E-state index contributed by atoms with van der Waals surface area (Å²) >= 11 is 3.37. The highest BCUT2D eigenvalue weighted by Crippen LogP contribution is 2.15. The van der Waals surface area contributed by atoms with E-state index in [1.807, 2.05) is 23.0 Å². The lowest BCUT2D eigenvalue weighted by atomic mass is 10.4. The van der Waals surface area contributed by atoms with E-state index in [0.717, 1.165) is 21.5 Å². The Morgan fingerprint density at radius 2 is 2.38 bits per heavy atom. The van der Waals surface area contributed by atoms with Crippen LogP contribution in [0.25, 0.3) is 11.2 Å². The van der Waals surface area contributed by atoms with Crippen LogP contribution in [-0.2, 0) is 6.54 Å². The molecule has 6 heteroatoms. The molecule has 0 amide bonds. The van der Waals surface area contributed by atoms with Crippen LogP contribution in [0.2, 0.25) is 0 Å². The van der Waals surface area contributed by atoms with Gasteiger partial charge in [0, 0.05) is 23.1 Å². The van der Waals surface area contributed by atoms with Crippen LogP contribution >= 0.6 is 15.9 Å². The lowest BCUT2D eigenvalue weighted by Crippen LogP contribution is -2.01. The highest BCUT2D eigenvalue weighted by molar-refractivity contribution is 9.10. The summed E-state index contributed by atoms with van der Waals surface area (Å²) in [4.78, 5) is 11.8. The van der Waals surface area contributed by atoms with Gasteiger partial charge in [-0.3, -0.25) is 4.68 Å². The first kappa shape index (κ1) is 9.53. The minimum atomic E-state index is 0.626. The molecule has 0 atom stereocenters. The minimum absolute atomic E-state index is 0.626. The molecule has 0 aromatic carbocycles. The number of aromatic nitrogens is 5. The van der Waals surface area contributed by atoms with Gasteiger partial charge in [-0.1, -0.05) is 0 Å². The molecule has 0 aliphatic rings. The van der Waals surface area contributed by atoms with Crippen molar-refractivity contribution in [3.63, 3.8) is 0 Å². The molecule has 1 N–H and O–H groups in total. The van der Waals surface area contributed by atoms with E-state index in [4.69, 9.17) is 0 Å². The highest BCUT2D eigenvalue weighted by Gasteiger charge is 2.04. The van der Waals surface area contributed by atoms with Crippen molar-refractivity contribution in [2.75, 3.05) is 0 Å². The van der Waals surface area contributed by atoms with Gasteiger partial charge in [-0.05, 0) is 28.1 Å². The zero-order valence-electron chi connectivity index (χ0n) is 8.26. The Bertz CT molecular complexity index is 613. The Kier molecular flexibility index (Phi) is 2.21. The van der Waals surface area contributed by atoms with Crippen molar-refractivity contribution in [1.82, 2.24) is 24.7 Å². The van der Waals surface area contributed by atoms with Crippen molar-refractivity contribution in [3.8, 4) is 0 Å². The van der Waals surface area contributed by atoms with Crippen LogP contribution < -0.4 is 0 Å². The first-order valence-corrected chi connectivity index (χ1v) is 5.58. The standard InChI is InChI=1S/C10H8BrN5/c11-7-4-8-10(12-5-7)15-9(14-8)6-16-3-1-2-13-16/h1-5H,6H2,(H,12,14,15). The number of pyridine rings is 1. The summed E-state index contributed by atoms with van der Waals surface area (Å²) in [7, 11) is 0. The Balaban J connectivity index is 1.99. The lowest BCUT2D eigenvalue weighted by molar-refractivity contribution is 0.663. The van der Waals surface area contributed by atoms with Gasteiger partial charge in [0.1, 0.15) is 5.82 Å². The molecule has 0 fully saturated rings. The van der Waals surface area contributed by atoms with Crippen LogP contribution in [0.1, 0.15) is 5.82 Å². The maximum Gasteiger partial charge on any atom is 0.177 e. The van der Waals surface area contributed by atoms with Gasteiger partial charge in [0.2, 0.25) is 0 Å². The Morgan fingerprint density at radius 3 is 3.19 bits per heavy atom. The lowest BCUT2D eigenvalue weighted by Gasteiger charge is -1.95. The highest BCUT2D eigenvalue weighted by atomic mass is 79.9. The smallest absolute Gasteiger partial charge is 0.177 e. The summed E-state index contributed by atoms with van der Waals surface area (Å²) in [6.45, 7) is 0.626. The van der Waals surface area contributed by atoms with Crippen molar-refractivity contribution >= 4 is 27.1 Å². The molecule has 3 aromatic heterocycles. The fourth-order valence-corrected chi connectivity index (χ4v) is 1.88. The molecule has 0 unspecified atom stereocenters. The van der Waals surface area contributed by atoms with E-state index >= 15 is 0 Å². The molecule has 3 rings (SSSR count). The van der Waals surface area contributed by atoms with E-state index < -0.39 is 0 Å². The van der Waals surface area contributed by atoms with Crippen LogP contribution in [0, 0.1) is 0 Å². The quantitative estimate of drug-likeness (QED) is 0.779. The molecule has 0 aliphatic carbocycles. The summed E-state index contributed by atoms with van der Waals surface area (Å²) in [5, 5.41) is 4.13. The predicted molar refractivity (Wildman–Crippen MR) is 62.9 cm³/mol. The maximum atomic E-state index is 4.38. The molecule has 16 heavy (non-hydrogen) atoms. The monoisotopic (exact) mass is 277 g/mol. The van der Waals surface area contributed by atoms with E-state index in [1.54, 1.807) is 12.4 Å². The third-order valence-electron chi connectivity index (χ3n) is 2.22. The molecule has 80 valence electrons. The van der Waals surface area contributed by atoms with Gasteiger partial charge in [-0.15, -0.1) is 0 Å². The summed E-state index contributed by atoms with van der Waals surface area (Å²) < 4.78 is 2.75. The van der Waals surface area contributed by atoms with E-state index in [1.165, 1.54) is 0 Å². The topological polar surface area (TPSA) is 59.4 Å². The number of nitrogens with zero attached hydrogens (tertiary/aromatic N) is 4. The summed E-state index contributed by atoms with van der Waals surface area (Å²) in [6, 6.07) is 3.85. The van der Waals surface area contributed by atoms with Crippen molar-refractivity contribution < 1.29 is 0 Å². The molecule has 3 aromatic rings. The summed E-state index contributed by atoms with van der Waals surface area (Å²) in [5.74, 6) is 0.851. The van der Waals surface area contributed by atoms with Gasteiger partial charge in [-0.2, -0.15) is 5.10 Å². The van der Waals surface area contributed by atoms with Crippen molar-refractivity contribution in [2.24, 2.45) is 0 Å². The zero-order valence-corrected chi connectivity index (χ0v) is 9.85. The fourth-order valence-electron chi connectivity index (χ4n) is 1.55. The second kappa shape index (κ2) is 3.71. The van der Waals surface area contributed by atoms with Gasteiger partial charge >= 0.3 is 0 Å². The van der Waals surface area contributed by atoms with Gasteiger partial charge in [0.25, 0.3) is 0 Å². The molecular weight excluding hydrogens is 270 g/mol. The Labute approximate surface area is 99.7 Å². The number of H-pyrrole nitrogens is 1. The number of rotatable bonds is 2. The normalized spacial score (nSPS) is 11.1. The molecule has 0 aliphatic heterocycles. The molecule has 0 spiro atoms. The number of aromatic amines is 1. The van der Waals surface area contributed by atoms with Crippen molar-refractivity contribution in [3.05, 3.63) is 41.0 Å². The van der Waals surface area contributed by atoms with E-state index in [0.29, 0.717) is 6.54 Å². The SMILES string of the molecule is Brc1cnc2nc(Cn3cccn3)[nH]c2c1. The second-order valence-corrected chi connectivity index (χ2v) is 4.33. The molecule has 0 saturated heterocycles. The van der Waals surface area contributed by atoms with Crippen LogP contribution in [0.5, 0.6) is 0 Å². The van der Waals surface area contributed by atoms with E-state index in [-0.39, 0.29) is 0 Å². The molecule has 3 heterocycles. The number of nitrogens with one attached hydrogen (secondary N) is 1. The number of imidazole rings is 1. The third kappa shape index (κ3) is 1.71. The van der Waals surface area contributed by atoms with Crippen LogP contribution in [-0.4, -0.2) is 24.7 Å². The number of fused-ring (bicyclic) bond motifs is 1. The molecule has 0 radical (unpaired) electrons. The fraction of sp³-hybridized carbons (Fsp3) is 0.100. The number of halogens is 1. The molecule has 0 saturated carbocycles. The Morgan fingerprint density at radius 1 is 1.44 bits per heavy atom. The minimum Gasteiger partial charge on any atom is -0.339 e. The van der Waals surface area contributed by atoms with Gasteiger partial charge < -0.3 is 4.98 Å². The van der Waals surface area contributed by atoms with Crippen LogP contribution in [0.15, 0.2) is 35.2 Å². The van der Waals surface area contributed by atoms with Gasteiger partial charge in [0.15, 0.2) is 5.65 Å². The average Bonchev–Trinajstić information content (AvgIpc) is 2.86. The van der Waals surface area contributed by atoms with E-state index in [2.05, 4.69) is 36.0 Å². The third-order valence-corrected chi connectivity index (χ3v) is 2.66. The maximum absolute atomic E-state index is 4.38. The van der Waals surface area contributed by atoms with Gasteiger partial charge in [0.05, 0.1) is 12.1 Å².